The van der Waals surface area contributed by atoms with E-state index in [2.05, 4.69) is 40.7 Å². The Hall–Kier alpha value is -0.170. The number of hydrogen-bond donors (Lipinski definition) is 1. The molecule has 0 aliphatic heterocycles. The van der Waals surface area contributed by atoms with Crippen LogP contribution in [-0.4, -0.2) is 17.8 Å². The molecule has 1 fully saturated rings. The predicted molar refractivity (Wildman–Crippen MR) is 80.3 cm³/mol. The van der Waals surface area contributed by atoms with Crippen LogP contribution in [0.2, 0.25) is 0 Å². The highest BCUT2D eigenvalue weighted by atomic mass is 31.0. The molecule has 4 atom stereocenters. The van der Waals surface area contributed by atoms with E-state index < -0.39 is 0 Å². The molecule has 1 N–H and O–H groups in total. The molecule has 0 aromatic heterocycles. The highest BCUT2D eigenvalue weighted by molar-refractivity contribution is 7.09. The van der Waals surface area contributed by atoms with Crippen molar-refractivity contribution in [2.45, 2.75) is 51.6 Å². The Morgan fingerprint density at radius 3 is 2.78 bits per heavy atom. The molecule has 3 heteroatoms. The third-order valence-corrected chi connectivity index (χ3v) is 3.93. The van der Waals surface area contributed by atoms with Crippen molar-refractivity contribution >= 4 is 9.47 Å². The number of hydrogen-bond acceptors (Lipinski definition) is 2. The van der Waals surface area contributed by atoms with Gasteiger partial charge in [-0.3, -0.25) is 0 Å². The molecular weight excluding hydrogens is 243 g/mol. The Morgan fingerprint density at radius 2 is 2.17 bits per heavy atom. The maximum Gasteiger partial charge on any atom is 0.0794 e. The first-order valence-electron chi connectivity index (χ1n) is 7.11. The lowest BCUT2D eigenvalue weighted by molar-refractivity contribution is 0.269. The van der Waals surface area contributed by atoms with Crippen molar-refractivity contribution in [3.05, 3.63) is 24.3 Å². The van der Waals surface area contributed by atoms with Crippen molar-refractivity contribution in [1.82, 2.24) is 0 Å². The molecule has 0 aromatic rings. The monoisotopic (exact) mass is 270 g/mol. The zero-order valence-electron chi connectivity index (χ0n) is 11.4. The van der Waals surface area contributed by atoms with Crippen LogP contribution in [0.4, 0.5) is 0 Å². The van der Waals surface area contributed by atoms with Gasteiger partial charge in [0.2, 0.25) is 0 Å². The predicted octanol–water partition coefficient (Wildman–Crippen LogP) is 3.87. The average Bonchev–Trinajstić information content (AvgIpc) is 3.15. The van der Waals surface area contributed by atoms with Crippen molar-refractivity contribution in [3.8, 4) is 0 Å². The second-order valence-electron chi connectivity index (χ2n) is 5.16. The highest BCUT2D eigenvalue weighted by Gasteiger charge is 2.34. The summed E-state index contributed by atoms with van der Waals surface area (Å²) in [5.74, 6) is 1.29. The quantitative estimate of drug-likeness (QED) is 0.371. The van der Waals surface area contributed by atoms with Crippen LogP contribution < -0.4 is 0 Å². The lowest BCUT2D eigenvalue weighted by Gasteiger charge is -2.09. The van der Waals surface area contributed by atoms with Crippen LogP contribution in [0, 0.1) is 11.8 Å². The van der Waals surface area contributed by atoms with Crippen LogP contribution in [0.15, 0.2) is 24.3 Å². The Kier molecular flexibility index (Phi) is 8.58. The SMILES string of the molecule is CCCCCC(/C=C/C=C\C[C@H]1C[C@H]1CO)OP. The fraction of sp³-hybridized carbons (Fsp3) is 0.733. The molecule has 1 aliphatic rings. The zero-order valence-corrected chi connectivity index (χ0v) is 12.6. The zero-order chi connectivity index (χ0) is 13.2. The molecule has 1 rings (SSSR count). The Labute approximate surface area is 114 Å². The van der Waals surface area contributed by atoms with Gasteiger partial charge in [-0.1, -0.05) is 50.5 Å². The minimum atomic E-state index is 0.220. The molecule has 0 aromatic carbocycles. The molecule has 0 saturated heterocycles. The van der Waals surface area contributed by atoms with Crippen LogP contribution in [-0.2, 0) is 4.52 Å². The van der Waals surface area contributed by atoms with Crippen LogP contribution in [0.1, 0.15) is 45.4 Å². The molecule has 1 saturated carbocycles. The topological polar surface area (TPSA) is 29.5 Å². The van der Waals surface area contributed by atoms with Gasteiger partial charge in [-0.2, -0.15) is 0 Å². The average molecular weight is 270 g/mol. The minimum Gasteiger partial charge on any atom is -0.396 e. The Bertz CT molecular complexity index is 263. The lowest BCUT2D eigenvalue weighted by atomic mass is 10.1. The van der Waals surface area contributed by atoms with E-state index in [0.717, 1.165) is 18.8 Å². The smallest absolute Gasteiger partial charge is 0.0794 e. The van der Waals surface area contributed by atoms with Crippen LogP contribution in [0.5, 0.6) is 0 Å². The van der Waals surface area contributed by atoms with Gasteiger partial charge in [0.05, 0.1) is 6.10 Å². The van der Waals surface area contributed by atoms with E-state index in [1.54, 1.807) is 0 Å². The van der Waals surface area contributed by atoms with Gasteiger partial charge in [-0.05, 0) is 31.1 Å². The van der Waals surface area contributed by atoms with E-state index in [9.17, 15) is 0 Å². The number of allylic oxidation sites excluding steroid dienone is 3. The summed E-state index contributed by atoms with van der Waals surface area (Å²) >= 11 is 0. The molecule has 18 heavy (non-hydrogen) atoms. The molecule has 0 amide bonds. The molecule has 104 valence electrons. The van der Waals surface area contributed by atoms with E-state index in [-0.39, 0.29) is 6.10 Å². The van der Waals surface area contributed by atoms with Gasteiger partial charge in [0.1, 0.15) is 0 Å². The van der Waals surface area contributed by atoms with Gasteiger partial charge in [-0.15, -0.1) is 0 Å². The van der Waals surface area contributed by atoms with Gasteiger partial charge in [-0.25, -0.2) is 0 Å². The highest BCUT2D eigenvalue weighted by Crippen LogP contribution is 2.40. The third-order valence-electron chi connectivity index (χ3n) is 3.58. The standard InChI is InChI=1S/C15H27O2P/c1-2-3-5-9-15(17-18)10-7-4-6-8-13-11-14(13)12-16/h4,6-7,10,13-16H,2-3,5,8-9,11-12,18H2,1H3/b6-4-,10-7+/t13-,14-,15?/m0/s1. The molecular formula is C15H27O2P. The molecule has 1 aliphatic carbocycles. The fourth-order valence-electron chi connectivity index (χ4n) is 2.15. The number of aliphatic hydroxyl groups is 1. The second-order valence-corrected chi connectivity index (χ2v) is 5.43. The van der Waals surface area contributed by atoms with Gasteiger partial charge in [0, 0.05) is 16.1 Å². The van der Waals surface area contributed by atoms with Gasteiger partial charge < -0.3 is 9.63 Å². The summed E-state index contributed by atoms with van der Waals surface area (Å²) in [7, 11) is 2.36. The lowest BCUT2D eigenvalue weighted by Crippen LogP contribution is -2.02. The first-order chi connectivity index (χ1) is 8.81. The summed E-state index contributed by atoms with van der Waals surface area (Å²) in [5.41, 5.74) is 0. The van der Waals surface area contributed by atoms with Crippen LogP contribution in [0.25, 0.3) is 0 Å². The second kappa shape index (κ2) is 9.72. The first kappa shape index (κ1) is 15.9. The summed E-state index contributed by atoms with van der Waals surface area (Å²) in [5, 5.41) is 8.93. The molecule has 0 heterocycles. The van der Waals surface area contributed by atoms with E-state index >= 15 is 0 Å². The van der Waals surface area contributed by atoms with E-state index in [4.69, 9.17) is 9.63 Å². The van der Waals surface area contributed by atoms with Gasteiger partial charge >= 0.3 is 0 Å². The molecule has 0 bridgehead atoms. The van der Waals surface area contributed by atoms with E-state index in [1.807, 2.05) is 0 Å². The summed E-state index contributed by atoms with van der Waals surface area (Å²) in [6, 6.07) is 0. The molecule has 2 unspecified atom stereocenters. The van der Waals surface area contributed by atoms with Crippen molar-refractivity contribution < 1.29 is 9.63 Å². The third kappa shape index (κ3) is 6.68. The fourth-order valence-corrected chi connectivity index (χ4v) is 2.37. The maximum atomic E-state index is 8.93. The largest absolute Gasteiger partial charge is 0.396 e. The number of rotatable bonds is 10. The van der Waals surface area contributed by atoms with Crippen molar-refractivity contribution in [2.24, 2.45) is 11.8 Å². The van der Waals surface area contributed by atoms with Gasteiger partial charge in [0.25, 0.3) is 0 Å². The molecule has 0 spiro atoms. The normalized spacial score (nSPS) is 25.1. The van der Waals surface area contributed by atoms with Crippen molar-refractivity contribution in [3.63, 3.8) is 0 Å². The summed E-state index contributed by atoms with van der Waals surface area (Å²) in [6.07, 6.45) is 15.9. The summed E-state index contributed by atoms with van der Waals surface area (Å²) in [4.78, 5) is 0. The molecule has 0 radical (unpaired) electrons. The van der Waals surface area contributed by atoms with E-state index in [0.29, 0.717) is 12.5 Å². The number of unbranched alkanes of at least 4 members (excludes halogenated alkanes) is 2. The van der Waals surface area contributed by atoms with Crippen molar-refractivity contribution in [2.75, 3.05) is 6.61 Å². The number of aliphatic hydroxyl groups excluding tert-OH is 1. The summed E-state index contributed by atoms with van der Waals surface area (Å²) < 4.78 is 5.33. The van der Waals surface area contributed by atoms with E-state index in [1.165, 1.54) is 25.7 Å². The van der Waals surface area contributed by atoms with Gasteiger partial charge in [0.15, 0.2) is 0 Å². The van der Waals surface area contributed by atoms with Crippen LogP contribution in [0.3, 0.4) is 0 Å². The summed E-state index contributed by atoms with van der Waals surface area (Å²) in [6.45, 7) is 2.57. The Balaban J connectivity index is 2.11. The Morgan fingerprint density at radius 1 is 1.33 bits per heavy atom. The first-order valence-corrected chi connectivity index (χ1v) is 7.58. The molecule has 2 nitrogen and oxygen atoms in total. The van der Waals surface area contributed by atoms with Crippen molar-refractivity contribution in [1.29, 1.82) is 0 Å². The maximum absolute atomic E-state index is 8.93. The minimum absolute atomic E-state index is 0.220. The van der Waals surface area contributed by atoms with Crippen LogP contribution >= 0.6 is 9.47 Å².